The van der Waals surface area contributed by atoms with Gasteiger partial charge in [0.1, 0.15) is 0 Å². The number of nitrogens with zero attached hydrogens (tertiary/aromatic N) is 3. The lowest BCUT2D eigenvalue weighted by Crippen LogP contribution is -2.31. The summed E-state index contributed by atoms with van der Waals surface area (Å²) < 4.78 is 40.2. The van der Waals surface area contributed by atoms with Crippen molar-refractivity contribution in [3.63, 3.8) is 0 Å². The molecule has 29 heavy (non-hydrogen) atoms. The molecule has 3 aliphatic rings. The van der Waals surface area contributed by atoms with E-state index >= 15 is 0 Å². The number of likely N-dealkylation sites (tertiary alicyclic amines) is 1. The highest BCUT2D eigenvalue weighted by molar-refractivity contribution is 5.94. The summed E-state index contributed by atoms with van der Waals surface area (Å²) in [5, 5.41) is 7.22. The zero-order valence-electron chi connectivity index (χ0n) is 16.2. The van der Waals surface area contributed by atoms with Crippen molar-refractivity contribution in [1.82, 2.24) is 20.0 Å². The number of H-pyrrole nitrogens is 1. The van der Waals surface area contributed by atoms with E-state index in [9.17, 15) is 18.0 Å². The van der Waals surface area contributed by atoms with Gasteiger partial charge >= 0.3 is 6.18 Å². The van der Waals surface area contributed by atoms with E-state index < -0.39 is 11.7 Å². The number of hydrogen-bond acceptors (Lipinski definition) is 3. The van der Waals surface area contributed by atoms with Gasteiger partial charge in [-0.1, -0.05) is 18.2 Å². The highest BCUT2D eigenvalue weighted by atomic mass is 19.4. The predicted molar refractivity (Wildman–Crippen MR) is 100 cm³/mol. The number of hydrogen-bond donors (Lipinski definition) is 1. The van der Waals surface area contributed by atoms with Crippen LogP contribution in [-0.4, -0.2) is 46.0 Å². The van der Waals surface area contributed by atoms with Crippen molar-refractivity contribution in [2.24, 2.45) is 11.8 Å². The first kappa shape index (κ1) is 18.7. The summed E-state index contributed by atoms with van der Waals surface area (Å²) in [6, 6.07) is 5.92. The summed E-state index contributed by atoms with van der Waals surface area (Å²) in [4.78, 5) is 17.0. The predicted octanol–water partition coefficient (Wildman–Crippen LogP) is 3.64. The fraction of sp³-hybridized carbons (Fsp3) is 0.524. The minimum Gasteiger partial charge on any atom is -0.337 e. The number of amides is 1. The third-order valence-electron chi connectivity index (χ3n) is 6.76. The lowest BCUT2D eigenvalue weighted by Gasteiger charge is -2.21. The molecule has 8 heteroatoms. The van der Waals surface area contributed by atoms with Crippen LogP contribution in [0, 0.1) is 11.8 Å². The zero-order valence-corrected chi connectivity index (χ0v) is 16.2. The van der Waals surface area contributed by atoms with E-state index in [1.165, 1.54) is 12.1 Å². The van der Waals surface area contributed by atoms with E-state index in [0.717, 1.165) is 17.8 Å². The van der Waals surface area contributed by atoms with E-state index in [1.807, 2.05) is 11.9 Å². The van der Waals surface area contributed by atoms with Crippen LogP contribution in [0.5, 0.6) is 0 Å². The van der Waals surface area contributed by atoms with Gasteiger partial charge in [-0.15, -0.1) is 0 Å². The van der Waals surface area contributed by atoms with Crippen LogP contribution >= 0.6 is 0 Å². The molecule has 2 fully saturated rings. The topological polar surface area (TPSA) is 52.2 Å². The van der Waals surface area contributed by atoms with Crippen molar-refractivity contribution < 1.29 is 18.0 Å². The van der Waals surface area contributed by atoms with Crippen molar-refractivity contribution in [3.8, 4) is 0 Å². The second kappa shape index (κ2) is 6.58. The standard InChI is InChI=1S/C21H23F3N4O/c1-27-10-16-18(11-27)25-26-19(16)20(29)28-8-13-6-12(7-14(13)9-28)15-4-2-3-5-17(15)21(22,23)24/h2-5,12-14H,6-11H2,1H3,(H,25,26)/t12?,13-,14?/m1/s1. The molecule has 5 nitrogen and oxygen atoms in total. The maximum absolute atomic E-state index is 13.4. The molecule has 3 atom stereocenters. The van der Waals surface area contributed by atoms with Gasteiger partial charge in [-0.2, -0.15) is 18.3 Å². The van der Waals surface area contributed by atoms with E-state index in [-0.39, 0.29) is 23.7 Å². The third-order valence-corrected chi connectivity index (χ3v) is 6.76. The number of benzene rings is 1. The van der Waals surface area contributed by atoms with Crippen molar-refractivity contribution in [3.05, 3.63) is 52.3 Å². The molecule has 1 aromatic carbocycles. The highest BCUT2D eigenvalue weighted by Crippen LogP contribution is 2.49. The quantitative estimate of drug-likeness (QED) is 0.832. The van der Waals surface area contributed by atoms with E-state index in [2.05, 4.69) is 15.1 Å². The Kier molecular flexibility index (Phi) is 4.24. The number of aromatic amines is 1. The van der Waals surface area contributed by atoms with Gasteiger partial charge < -0.3 is 4.90 Å². The van der Waals surface area contributed by atoms with Crippen LogP contribution in [0.4, 0.5) is 13.2 Å². The van der Waals surface area contributed by atoms with Gasteiger partial charge in [0, 0.05) is 31.7 Å². The molecule has 1 saturated carbocycles. The molecule has 154 valence electrons. The van der Waals surface area contributed by atoms with Crippen LogP contribution < -0.4 is 0 Å². The van der Waals surface area contributed by atoms with E-state index in [1.54, 1.807) is 12.1 Å². The normalized spacial score (nSPS) is 26.8. The van der Waals surface area contributed by atoms with Crippen LogP contribution in [0.1, 0.15) is 51.6 Å². The molecule has 1 aromatic heterocycles. The Bertz CT molecular complexity index is 940. The zero-order chi connectivity index (χ0) is 20.3. The average molecular weight is 404 g/mol. The summed E-state index contributed by atoms with van der Waals surface area (Å²) in [5.74, 6) is 0.350. The summed E-state index contributed by atoms with van der Waals surface area (Å²) >= 11 is 0. The molecule has 0 bridgehead atoms. The van der Waals surface area contributed by atoms with Crippen molar-refractivity contribution in [2.75, 3.05) is 20.1 Å². The monoisotopic (exact) mass is 404 g/mol. The number of carbonyl (C=O) groups is 1. The van der Waals surface area contributed by atoms with Gasteiger partial charge in [-0.05, 0) is 49.3 Å². The average Bonchev–Trinajstić information content (AvgIpc) is 3.39. The first-order valence-electron chi connectivity index (χ1n) is 10.0. The van der Waals surface area contributed by atoms with Crippen LogP contribution in [0.25, 0.3) is 0 Å². The number of carbonyl (C=O) groups excluding carboxylic acids is 1. The van der Waals surface area contributed by atoms with E-state index in [0.29, 0.717) is 43.7 Å². The molecule has 3 heterocycles. The minimum absolute atomic E-state index is 0.0561. The minimum atomic E-state index is -4.33. The third kappa shape index (κ3) is 3.13. The van der Waals surface area contributed by atoms with Crippen molar-refractivity contribution in [2.45, 2.75) is 38.0 Å². The molecular formula is C21H23F3N4O. The highest BCUT2D eigenvalue weighted by Gasteiger charge is 2.45. The Labute approximate surface area is 166 Å². The summed E-state index contributed by atoms with van der Waals surface area (Å²) in [6.45, 7) is 2.68. The molecule has 1 amide bonds. The molecule has 1 saturated heterocycles. The maximum atomic E-state index is 13.4. The van der Waals surface area contributed by atoms with Crippen molar-refractivity contribution in [1.29, 1.82) is 0 Å². The van der Waals surface area contributed by atoms with Crippen LogP contribution in [-0.2, 0) is 19.3 Å². The fourth-order valence-electron chi connectivity index (χ4n) is 5.46. The number of rotatable bonds is 2. The molecule has 0 spiro atoms. The largest absolute Gasteiger partial charge is 0.416 e. The number of aromatic nitrogens is 2. The van der Waals surface area contributed by atoms with Crippen LogP contribution in [0.2, 0.25) is 0 Å². The maximum Gasteiger partial charge on any atom is 0.416 e. The van der Waals surface area contributed by atoms with Gasteiger partial charge in [0.15, 0.2) is 5.69 Å². The van der Waals surface area contributed by atoms with Gasteiger partial charge in [0.2, 0.25) is 0 Å². The summed E-state index contributed by atoms with van der Waals surface area (Å²) in [7, 11) is 2.00. The molecular weight excluding hydrogens is 381 g/mol. The van der Waals surface area contributed by atoms with Gasteiger partial charge in [0.05, 0.1) is 11.3 Å². The Balaban J connectivity index is 1.30. The Morgan fingerprint density at radius 2 is 1.83 bits per heavy atom. The molecule has 2 aliphatic heterocycles. The number of fused-ring (bicyclic) bond motifs is 2. The van der Waals surface area contributed by atoms with Gasteiger partial charge in [0.25, 0.3) is 5.91 Å². The first-order chi connectivity index (χ1) is 13.8. The fourth-order valence-corrected chi connectivity index (χ4v) is 5.46. The van der Waals surface area contributed by atoms with Gasteiger partial charge in [-0.25, -0.2) is 0 Å². The van der Waals surface area contributed by atoms with E-state index in [4.69, 9.17) is 0 Å². The SMILES string of the molecule is CN1Cc2[nH]nc(C(=O)N3CC4CC(c5ccccc5C(F)(F)F)C[C@@H]4C3)c2C1. The Morgan fingerprint density at radius 1 is 1.14 bits per heavy atom. The van der Waals surface area contributed by atoms with Crippen LogP contribution in [0.15, 0.2) is 24.3 Å². The summed E-state index contributed by atoms with van der Waals surface area (Å²) in [5.41, 5.74) is 2.36. The number of nitrogens with one attached hydrogen (secondary N) is 1. The van der Waals surface area contributed by atoms with Crippen molar-refractivity contribution >= 4 is 5.91 Å². The van der Waals surface area contributed by atoms with Crippen LogP contribution in [0.3, 0.4) is 0 Å². The Hall–Kier alpha value is -2.35. The number of alkyl halides is 3. The number of halogens is 3. The molecule has 2 aromatic rings. The molecule has 1 aliphatic carbocycles. The lowest BCUT2D eigenvalue weighted by molar-refractivity contribution is -0.138. The smallest absolute Gasteiger partial charge is 0.337 e. The lowest BCUT2D eigenvalue weighted by atomic mass is 9.91. The van der Waals surface area contributed by atoms with Gasteiger partial charge in [-0.3, -0.25) is 14.8 Å². The molecule has 1 N–H and O–H groups in total. The molecule has 2 unspecified atom stereocenters. The second-order valence-corrected chi connectivity index (χ2v) is 8.69. The first-order valence-corrected chi connectivity index (χ1v) is 10.0. The molecule has 5 rings (SSSR count). The summed E-state index contributed by atoms with van der Waals surface area (Å²) in [6.07, 6.45) is -2.93. The Morgan fingerprint density at radius 3 is 2.52 bits per heavy atom. The second-order valence-electron chi connectivity index (χ2n) is 8.69. The molecule has 0 radical (unpaired) electrons.